The molecule has 3 fully saturated rings. The highest BCUT2D eigenvalue weighted by atomic mass is 32.1. The summed E-state index contributed by atoms with van der Waals surface area (Å²) in [5.41, 5.74) is 1.07. The van der Waals surface area contributed by atoms with Gasteiger partial charge < -0.3 is 19.4 Å². The molecule has 2 saturated heterocycles. The summed E-state index contributed by atoms with van der Waals surface area (Å²) in [6.07, 6.45) is 7.12. The fraction of sp³-hybridized carbons (Fsp3) is 0.600. The van der Waals surface area contributed by atoms with Crippen molar-refractivity contribution in [1.82, 2.24) is 19.6 Å². The van der Waals surface area contributed by atoms with Crippen molar-refractivity contribution in [3.8, 4) is 16.2 Å². The number of thiophene rings is 1. The summed E-state index contributed by atoms with van der Waals surface area (Å²) in [5.74, 6) is 1.70. The lowest BCUT2D eigenvalue weighted by Crippen LogP contribution is -2.48. The smallest absolute Gasteiger partial charge is 0.320 e. The van der Waals surface area contributed by atoms with Crippen molar-refractivity contribution in [3.63, 3.8) is 0 Å². The fourth-order valence-electron chi connectivity index (χ4n) is 6.34. The fourth-order valence-corrected chi connectivity index (χ4v) is 7.33. The molecule has 3 amide bonds. The maximum Gasteiger partial charge on any atom is 0.320 e. The Morgan fingerprint density at radius 2 is 1.55 bits per heavy atom. The third-order valence-corrected chi connectivity index (χ3v) is 10.2. The number of benzene rings is 1. The molecule has 7 nitrogen and oxygen atoms in total. The van der Waals surface area contributed by atoms with Gasteiger partial charge in [-0.25, -0.2) is 4.79 Å². The Morgan fingerprint density at radius 1 is 0.868 bits per heavy atom. The number of hydrogen-bond acceptors (Lipinski definition) is 5. The van der Waals surface area contributed by atoms with Gasteiger partial charge in [-0.1, -0.05) is 6.92 Å². The Balaban J connectivity index is 1.13. The molecule has 1 saturated carbocycles. The average Bonchev–Trinajstić information content (AvgIpc) is 3.73. The maximum atomic E-state index is 13.4. The van der Waals surface area contributed by atoms with Crippen molar-refractivity contribution >= 4 is 23.3 Å². The number of ether oxygens (including phenoxy) is 1. The molecule has 3 heterocycles. The van der Waals surface area contributed by atoms with Crippen LogP contribution in [0.5, 0.6) is 5.75 Å². The minimum atomic E-state index is 0.0238. The Hall–Kier alpha value is -2.58. The molecule has 8 heteroatoms. The van der Waals surface area contributed by atoms with Crippen LogP contribution in [0.2, 0.25) is 0 Å². The molecular weight excluding hydrogens is 496 g/mol. The molecule has 206 valence electrons. The van der Waals surface area contributed by atoms with Gasteiger partial charge in [0.15, 0.2) is 0 Å². The van der Waals surface area contributed by atoms with E-state index in [0.29, 0.717) is 19.1 Å². The summed E-state index contributed by atoms with van der Waals surface area (Å²) in [5, 5.41) is 0. The molecule has 1 aromatic carbocycles. The SMILES string of the molecule is COc1ccc(-c2ccc(C(=O)N(C)C3CCN(C(=O)N(C)C4CCN(C5CCC(C)CC5)C4)C3)s2)cc1. The zero-order valence-electron chi connectivity index (χ0n) is 23.3. The standard InChI is InChI=1S/C30H42N4O3S/c1-21-5-9-23(10-6-21)33-17-15-25(19-33)32(3)30(36)34-18-16-24(20-34)31(2)29(35)28-14-13-27(38-28)22-7-11-26(37-4)12-8-22/h7-8,11-14,21,23-25H,5-6,9-10,15-20H2,1-4H3. The number of amides is 3. The van der Waals surface area contributed by atoms with Gasteiger partial charge in [0.25, 0.3) is 5.91 Å². The first-order valence-corrected chi connectivity index (χ1v) is 14.9. The molecule has 0 bridgehead atoms. The van der Waals surface area contributed by atoms with E-state index in [4.69, 9.17) is 4.74 Å². The van der Waals surface area contributed by atoms with Crippen molar-refractivity contribution in [2.45, 2.75) is 63.6 Å². The molecule has 0 N–H and O–H groups in total. The number of urea groups is 1. The number of carbonyl (C=O) groups excluding carboxylic acids is 2. The molecule has 2 aromatic rings. The number of methoxy groups -OCH3 is 1. The minimum absolute atomic E-state index is 0.0238. The van der Waals surface area contributed by atoms with E-state index in [1.54, 1.807) is 7.11 Å². The Bertz CT molecular complexity index is 1110. The summed E-state index contributed by atoms with van der Waals surface area (Å²) >= 11 is 1.51. The molecule has 5 rings (SSSR count). The van der Waals surface area contributed by atoms with Crippen molar-refractivity contribution in [1.29, 1.82) is 0 Å². The largest absolute Gasteiger partial charge is 0.497 e. The lowest BCUT2D eigenvalue weighted by molar-refractivity contribution is 0.0738. The van der Waals surface area contributed by atoms with E-state index >= 15 is 0 Å². The molecule has 1 aliphatic carbocycles. The van der Waals surface area contributed by atoms with E-state index in [1.165, 1.54) is 37.0 Å². The first-order valence-electron chi connectivity index (χ1n) is 14.1. The highest BCUT2D eigenvalue weighted by molar-refractivity contribution is 7.17. The number of nitrogens with zero attached hydrogens (tertiary/aromatic N) is 4. The molecule has 2 atom stereocenters. The zero-order chi connectivity index (χ0) is 26.8. The van der Waals surface area contributed by atoms with Crippen LogP contribution in [0.4, 0.5) is 4.79 Å². The predicted octanol–water partition coefficient (Wildman–Crippen LogP) is 5.27. The van der Waals surface area contributed by atoms with Crippen LogP contribution in [0.3, 0.4) is 0 Å². The zero-order valence-corrected chi connectivity index (χ0v) is 24.1. The summed E-state index contributed by atoms with van der Waals surface area (Å²) in [6, 6.07) is 12.9. The van der Waals surface area contributed by atoms with Crippen LogP contribution >= 0.6 is 11.3 Å². The second kappa shape index (κ2) is 11.7. The molecule has 2 unspecified atom stereocenters. The van der Waals surface area contributed by atoms with Crippen LogP contribution in [0.15, 0.2) is 36.4 Å². The molecule has 0 radical (unpaired) electrons. The Labute approximate surface area is 231 Å². The summed E-state index contributed by atoms with van der Waals surface area (Å²) in [6.45, 7) is 5.75. The van der Waals surface area contributed by atoms with Crippen molar-refractivity contribution in [2.24, 2.45) is 5.92 Å². The molecular formula is C30H42N4O3S. The number of likely N-dealkylation sites (N-methyl/N-ethyl adjacent to an activating group) is 2. The van der Waals surface area contributed by atoms with Crippen molar-refractivity contribution in [3.05, 3.63) is 41.3 Å². The molecule has 0 spiro atoms. The second-order valence-electron chi connectivity index (χ2n) is 11.4. The summed E-state index contributed by atoms with van der Waals surface area (Å²) < 4.78 is 5.25. The maximum absolute atomic E-state index is 13.4. The van der Waals surface area contributed by atoms with E-state index in [9.17, 15) is 9.59 Å². The van der Waals surface area contributed by atoms with Gasteiger partial charge in [0.1, 0.15) is 5.75 Å². The first kappa shape index (κ1) is 27.0. The molecule has 38 heavy (non-hydrogen) atoms. The molecule has 2 aliphatic heterocycles. The highest BCUT2D eigenvalue weighted by Gasteiger charge is 2.37. The number of hydrogen-bond donors (Lipinski definition) is 0. The van der Waals surface area contributed by atoms with Gasteiger partial charge in [-0.05, 0) is 86.4 Å². The van der Waals surface area contributed by atoms with Gasteiger partial charge in [0.2, 0.25) is 0 Å². The molecule has 3 aliphatic rings. The Kier molecular flexibility index (Phi) is 8.29. The summed E-state index contributed by atoms with van der Waals surface area (Å²) in [4.78, 5) is 36.8. The van der Waals surface area contributed by atoms with Crippen LogP contribution < -0.4 is 4.74 Å². The third kappa shape index (κ3) is 5.71. The first-order chi connectivity index (χ1) is 18.3. The highest BCUT2D eigenvalue weighted by Crippen LogP contribution is 2.32. The van der Waals surface area contributed by atoms with E-state index in [1.807, 2.05) is 65.2 Å². The van der Waals surface area contributed by atoms with Crippen molar-refractivity contribution in [2.75, 3.05) is 47.4 Å². The van der Waals surface area contributed by atoms with Crippen molar-refractivity contribution < 1.29 is 14.3 Å². The lowest BCUT2D eigenvalue weighted by Gasteiger charge is -2.34. The van der Waals surface area contributed by atoms with Crippen LogP contribution in [0.1, 0.15) is 55.1 Å². The van der Waals surface area contributed by atoms with E-state index in [2.05, 4.69) is 11.8 Å². The average molecular weight is 539 g/mol. The van der Waals surface area contributed by atoms with E-state index < -0.39 is 0 Å². The van der Waals surface area contributed by atoms with Gasteiger partial charge in [-0.3, -0.25) is 9.69 Å². The predicted molar refractivity (Wildman–Crippen MR) is 153 cm³/mol. The third-order valence-electron chi connectivity index (χ3n) is 9.04. The Morgan fingerprint density at radius 3 is 2.26 bits per heavy atom. The number of likely N-dealkylation sites (tertiary alicyclic amines) is 2. The minimum Gasteiger partial charge on any atom is -0.497 e. The quantitative estimate of drug-likeness (QED) is 0.503. The van der Waals surface area contributed by atoms with Gasteiger partial charge >= 0.3 is 6.03 Å². The van der Waals surface area contributed by atoms with Crippen LogP contribution in [-0.4, -0.2) is 97.0 Å². The molecule has 1 aromatic heterocycles. The van der Waals surface area contributed by atoms with Gasteiger partial charge in [0, 0.05) is 57.2 Å². The van der Waals surface area contributed by atoms with E-state index in [0.717, 1.165) is 52.9 Å². The topological polar surface area (TPSA) is 56.3 Å². The van der Waals surface area contributed by atoms with E-state index in [-0.39, 0.29) is 24.0 Å². The van der Waals surface area contributed by atoms with Crippen LogP contribution in [0.25, 0.3) is 10.4 Å². The number of carbonyl (C=O) groups is 2. The van der Waals surface area contributed by atoms with Crippen LogP contribution in [0, 0.1) is 5.92 Å². The number of rotatable bonds is 6. The lowest BCUT2D eigenvalue weighted by atomic mass is 9.87. The summed E-state index contributed by atoms with van der Waals surface area (Å²) in [7, 11) is 5.49. The second-order valence-corrected chi connectivity index (χ2v) is 12.5. The van der Waals surface area contributed by atoms with Gasteiger partial charge in [-0.15, -0.1) is 11.3 Å². The van der Waals surface area contributed by atoms with Crippen LogP contribution in [-0.2, 0) is 0 Å². The normalized spacial score (nSPS) is 25.9. The monoisotopic (exact) mass is 538 g/mol. The van der Waals surface area contributed by atoms with Gasteiger partial charge in [-0.2, -0.15) is 0 Å². The van der Waals surface area contributed by atoms with Gasteiger partial charge in [0.05, 0.1) is 18.0 Å².